The first-order chi connectivity index (χ1) is 12.6. The summed E-state index contributed by atoms with van der Waals surface area (Å²) < 4.78 is 16.0. The average Bonchev–Trinajstić information content (AvgIpc) is 3.18. The van der Waals surface area contributed by atoms with Crippen LogP contribution >= 0.6 is 0 Å². The monoisotopic (exact) mass is 349 g/mol. The molecule has 1 atom stereocenters. The minimum atomic E-state index is -0.711. The van der Waals surface area contributed by atoms with Crippen LogP contribution < -0.4 is 4.74 Å². The molecule has 26 heavy (non-hydrogen) atoms. The largest absolute Gasteiger partial charge is 0.497 e. The summed E-state index contributed by atoms with van der Waals surface area (Å²) in [6.45, 7) is 1.65. The van der Waals surface area contributed by atoms with Gasteiger partial charge in [-0.25, -0.2) is 4.79 Å². The van der Waals surface area contributed by atoms with E-state index >= 15 is 0 Å². The first kappa shape index (κ1) is 17.2. The molecule has 0 radical (unpaired) electrons. The Bertz CT molecular complexity index is 940. The van der Waals surface area contributed by atoms with E-state index < -0.39 is 12.1 Å². The topological polar surface area (TPSA) is 98.2 Å². The van der Waals surface area contributed by atoms with Crippen molar-refractivity contribution in [3.8, 4) is 23.3 Å². The summed E-state index contributed by atoms with van der Waals surface area (Å²) in [5.74, 6) is 0.700. The van der Waals surface area contributed by atoms with Crippen molar-refractivity contribution in [2.75, 3.05) is 7.11 Å². The smallest absolute Gasteiger partial charge is 0.338 e. The SMILES string of the molecule is COc1ccc(-c2nnc([C@H](C)OC(=O)c3ccc(C#N)cc3)o2)cc1. The van der Waals surface area contributed by atoms with E-state index in [1.165, 1.54) is 12.1 Å². The zero-order valence-electron chi connectivity index (χ0n) is 14.2. The molecule has 0 N–H and O–H groups in total. The van der Waals surface area contributed by atoms with Gasteiger partial charge in [-0.1, -0.05) is 0 Å². The van der Waals surface area contributed by atoms with Gasteiger partial charge in [0.1, 0.15) is 5.75 Å². The molecule has 7 nitrogen and oxygen atoms in total. The van der Waals surface area contributed by atoms with Gasteiger partial charge in [-0.2, -0.15) is 5.26 Å². The fraction of sp³-hybridized carbons (Fsp3) is 0.158. The van der Waals surface area contributed by atoms with Crippen molar-refractivity contribution in [1.29, 1.82) is 5.26 Å². The summed E-state index contributed by atoms with van der Waals surface area (Å²) >= 11 is 0. The molecular weight excluding hydrogens is 334 g/mol. The highest BCUT2D eigenvalue weighted by molar-refractivity contribution is 5.89. The van der Waals surface area contributed by atoms with Gasteiger partial charge in [0.25, 0.3) is 5.89 Å². The van der Waals surface area contributed by atoms with Crippen molar-refractivity contribution in [1.82, 2.24) is 10.2 Å². The molecule has 3 aromatic rings. The molecule has 0 saturated heterocycles. The molecule has 130 valence electrons. The molecule has 0 amide bonds. The zero-order valence-corrected chi connectivity index (χ0v) is 14.2. The number of rotatable bonds is 5. The molecule has 0 aliphatic heterocycles. The second kappa shape index (κ2) is 7.49. The number of esters is 1. The summed E-state index contributed by atoms with van der Waals surface area (Å²) in [4.78, 5) is 12.2. The zero-order chi connectivity index (χ0) is 18.5. The van der Waals surface area contributed by atoms with Crippen LogP contribution in [0.3, 0.4) is 0 Å². The highest BCUT2D eigenvalue weighted by atomic mass is 16.6. The van der Waals surface area contributed by atoms with Crippen LogP contribution in [0.4, 0.5) is 0 Å². The van der Waals surface area contributed by atoms with Crippen molar-refractivity contribution in [3.05, 3.63) is 65.5 Å². The Morgan fingerprint density at radius 2 is 1.81 bits per heavy atom. The van der Waals surface area contributed by atoms with Crippen molar-refractivity contribution in [2.24, 2.45) is 0 Å². The van der Waals surface area contributed by atoms with Crippen molar-refractivity contribution in [2.45, 2.75) is 13.0 Å². The Morgan fingerprint density at radius 3 is 2.42 bits per heavy atom. The van der Waals surface area contributed by atoms with Crippen LogP contribution in [0.1, 0.15) is 34.8 Å². The van der Waals surface area contributed by atoms with Gasteiger partial charge in [-0.15, -0.1) is 10.2 Å². The van der Waals surface area contributed by atoms with Gasteiger partial charge in [-0.05, 0) is 55.5 Å². The molecule has 2 aromatic carbocycles. The highest BCUT2D eigenvalue weighted by Gasteiger charge is 2.20. The number of methoxy groups -OCH3 is 1. The first-order valence-electron chi connectivity index (χ1n) is 7.79. The molecule has 1 aromatic heterocycles. The van der Waals surface area contributed by atoms with Gasteiger partial charge < -0.3 is 13.9 Å². The van der Waals surface area contributed by atoms with Crippen LogP contribution in [0.2, 0.25) is 0 Å². The van der Waals surface area contributed by atoms with Crippen molar-refractivity contribution >= 4 is 5.97 Å². The maximum absolute atomic E-state index is 12.2. The maximum Gasteiger partial charge on any atom is 0.338 e. The summed E-state index contributed by atoms with van der Waals surface area (Å²) in [6.07, 6.45) is -0.711. The molecule has 1 heterocycles. The summed E-state index contributed by atoms with van der Waals surface area (Å²) in [6, 6.07) is 15.3. The Balaban J connectivity index is 1.69. The molecule has 3 rings (SSSR count). The van der Waals surface area contributed by atoms with E-state index in [1.54, 1.807) is 50.4 Å². The Labute approximate surface area is 149 Å². The van der Waals surface area contributed by atoms with Crippen molar-refractivity contribution in [3.63, 3.8) is 0 Å². The van der Waals surface area contributed by atoms with Crippen LogP contribution in [0.5, 0.6) is 5.75 Å². The Kier molecular flexibility index (Phi) is 4.94. The summed E-state index contributed by atoms with van der Waals surface area (Å²) in [5, 5.41) is 16.7. The Morgan fingerprint density at radius 1 is 1.12 bits per heavy atom. The van der Waals surface area contributed by atoms with E-state index in [2.05, 4.69) is 10.2 Å². The third kappa shape index (κ3) is 3.70. The summed E-state index contributed by atoms with van der Waals surface area (Å²) in [7, 11) is 1.59. The Hall–Kier alpha value is -3.66. The predicted molar refractivity (Wildman–Crippen MR) is 91.3 cm³/mol. The molecule has 0 aliphatic carbocycles. The first-order valence-corrected chi connectivity index (χ1v) is 7.79. The number of carbonyl (C=O) groups is 1. The summed E-state index contributed by atoms with van der Waals surface area (Å²) in [5.41, 5.74) is 1.54. The lowest BCUT2D eigenvalue weighted by atomic mass is 10.1. The maximum atomic E-state index is 12.2. The molecule has 7 heteroatoms. The van der Waals surface area contributed by atoms with Gasteiger partial charge in [-0.3, -0.25) is 0 Å². The number of nitrogens with zero attached hydrogens (tertiary/aromatic N) is 3. The van der Waals surface area contributed by atoms with E-state index in [-0.39, 0.29) is 5.89 Å². The van der Waals surface area contributed by atoms with Crippen molar-refractivity contribution < 1.29 is 18.7 Å². The third-order valence-corrected chi connectivity index (χ3v) is 3.66. The number of benzene rings is 2. The van der Waals surface area contributed by atoms with Gasteiger partial charge in [0.15, 0.2) is 6.10 Å². The van der Waals surface area contributed by atoms with Gasteiger partial charge in [0.05, 0.1) is 24.3 Å². The highest BCUT2D eigenvalue weighted by Crippen LogP contribution is 2.24. The van der Waals surface area contributed by atoms with E-state index in [0.29, 0.717) is 17.0 Å². The molecule has 0 fully saturated rings. The predicted octanol–water partition coefficient (Wildman–Crippen LogP) is 3.53. The minimum absolute atomic E-state index is 0.192. The minimum Gasteiger partial charge on any atom is -0.497 e. The quantitative estimate of drug-likeness (QED) is 0.650. The number of aromatic nitrogens is 2. The standard InChI is InChI=1S/C19H15N3O4/c1-12(25-19(23)15-5-3-13(11-20)4-6-15)17-21-22-18(26-17)14-7-9-16(24-2)10-8-14/h3-10,12H,1-2H3/t12-/m0/s1. The number of ether oxygens (including phenoxy) is 2. The van der Waals surface area contributed by atoms with Gasteiger partial charge in [0, 0.05) is 5.56 Å². The normalized spacial score (nSPS) is 11.4. The van der Waals surface area contributed by atoms with E-state index in [1.807, 2.05) is 6.07 Å². The molecular formula is C19H15N3O4. The van der Waals surface area contributed by atoms with E-state index in [0.717, 1.165) is 11.3 Å². The van der Waals surface area contributed by atoms with Gasteiger partial charge >= 0.3 is 5.97 Å². The number of hydrogen-bond donors (Lipinski definition) is 0. The second-order valence-corrected chi connectivity index (χ2v) is 5.41. The van der Waals surface area contributed by atoms with Crippen LogP contribution in [-0.2, 0) is 4.74 Å². The number of hydrogen-bond acceptors (Lipinski definition) is 7. The van der Waals surface area contributed by atoms with E-state index in [9.17, 15) is 4.79 Å². The van der Waals surface area contributed by atoms with Gasteiger partial charge in [0.2, 0.25) is 5.89 Å². The number of carbonyl (C=O) groups excluding carboxylic acids is 1. The van der Waals surface area contributed by atoms with E-state index in [4.69, 9.17) is 19.2 Å². The lowest BCUT2D eigenvalue weighted by Crippen LogP contribution is -2.09. The average molecular weight is 349 g/mol. The van der Waals surface area contributed by atoms with Crippen LogP contribution in [0.25, 0.3) is 11.5 Å². The fourth-order valence-corrected chi connectivity index (χ4v) is 2.21. The lowest BCUT2D eigenvalue weighted by Gasteiger charge is -2.09. The lowest BCUT2D eigenvalue weighted by molar-refractivity contribution is 0.0280. The van der Waals surface area contributed by atoms with Crippen LogP contribution in [-0.4, -0.2) is 23.3 Å². The van der Waals surface area contributed by atoms with Crippen LogP contribution in [0, 0.1) is 11.3 Å². The van der Waals surface area contributed by atoms with Crippen LogP contribution in [0.15, 0.2) is 52.9 Å². The molecule has 0 spiro atoms. The molecule has 0 saturated carbocycles. The molecule has 0 aliphatic rings. The molecule has 0 bridgehead atoms. The number of nitriles is 1. The fourth-order valence-electron chi connectivity index (χ4n) is 2.21. The second-order valence-electron chi connectivity index (χ2n) is 5.41. The third-order valence-electron chi connectivity index (χ3n) is 3.66. The molecule has 0 unspecified atom stereocenters.